The van der Waals surface area contributed by atoms with Crippen LogP contribution in [0.5, 0.6) is 5.75 Å². The molecule has 20 heavy (non-hydrogen) atoms. The lowest BCUT2D eigenvalue weighted by molar-refractivity contribution is 0.415. The van der Waals surface area contributed by atoms with Gasteiger partial charge in [-0.05, 0) is 37.3 Å². The third-order valence-corrected chi connectivity index (χ3v) is 3.34. The number of nitrogens with one attached hydrogen (secondary N) is 1. The molecule has 4 nitrogen and oxygen atoms in total. The van der Waals surface area contributed by atoms with Gasteiger partial charge in [-0.2, -0.15) is 0 Å². The monoisotopic (exact) mass is 267 g/mol. The van der Waals surface area contributed by atoms with Crippen LogP contribution in [0, 0.1) is 0 Å². The van der Waals surface area contributed by atoms with Gasteiger partial charge in [-0.1, -0.05) is 18.2 Å². The third-order valence-electron chi connectivity index (χ3n) is 3.34. The summed E-state index contributed by atoms with van der Waals surface area (Å²) in [5.74, 6) is 0.848. The second kappa shape index (κ2) is 5.25. The minimum Gasteiger partial charge on any atom is -0.497 e. The number of nitrogens with zero attached hydrogens (tertiary/aromatic N) is 2. The number of hydrogen-bond acceptors (Lipinski definition) is 4. The van der Waals surface area contributed by atoms with Gasteiger partial charge in [-0.25, -0.2) is 0 Å². The topological polar surface area (TPSA) is 36.9 Å². The Morgan fingerprint density at radius 2 is 1.85 bits per heavy atom. The average molecular weight is 267 g/mol. The molecule has 3 rings (SSSR count). The zero-order valence-corrected chi connectivity index (χ0v) is 11.6. The molecule has 1 heterocycles. The molecule has 2 aromatic carbocycles. The summed E-state index contributed by atoms with van der Waals surface area (Å²) < 4.78 is 5.17. The fourth-order valence-electron chi connectivity index (χ4n) is 2.23. The molecule has 1 aliphatic rings. The van der Waals surface area contributed by atoms with E-state index in [9.17, 15) is 0 Å². The van der Waals surface area contributed by atoms with E-state index in [1.165, 1.54) is 0 Å². The number of methoxy groups -OCH3 is 1. The molecule has 0 saturated heterocycles. The van der Waals surface area contributed by atoms with Gasteiger partial charge < -0.3 is 4.74 Å². The summed E-state index contributed by atoms with van der Waals surface area (Å²) in [6.45, 7) is 2.06. The van der Waals surface area contributed by atoms with Crippen molar-refractivity contribution in [2.45, 2.75) is 13.1 Å². The van der Waals surface area contributed by atoms with Crippen molar-refractivity contribution in [2.24, 2.45) is 4.99 Å². The first-order chi connectivity index (χ1) is 9.78. The largest absolute Gasteiger partial charge is 0.497 e. The highest BCUT2D eigenvalue weighted by Crippen LogP contribution is 2.26. The van der Waals surface area contributed by atoms with Gasteiger partial charge in [0.1, 0.15) is 11.9 Å². The van der Waals surface area contributed by atoms with Crippen LogP contribution < -0.4 is 15.2 Å². The van der Waals surface area contributed by atoms with E-state index >= 15 is 0 Å². The molecule has 1 atom stereocenters. The van der Waals surface area contributed by atoms with E-state index in [1.807, 2.05) is 42.6 Å². The van der Waals surface area contributed by atoms with Crippen molar-refractivity contribution in [2.75, 3.05) is 17.5 Å². The molecule has 4 heteroatoms. The fourth-order valence-corrected chi connectivity index (χ4v) is 2.23. The van der Waals surface area contributed by atoms with Crippen LogP contribution in [0.25, 0.3) is 0 Å². The number of aliphatic imine (C=N–C) groups is 1. The number of fused-ring (bicyclic) bond motifs is 1. The number of hydrogen-bond donors (Lipinski definition) is 1. The van der Waals surface area contributed by atoms with Crippen LogP contribution in [0.15, 0.2) is 53.5 Å². The summed E-state index contributed by atoms with van der Waals surface area (Å²) in [5, 5.41) is 2.07. The maximum absolute atomic E-state index is 5.17. The molecule has 2 aromatic rings. The van der Waals surface area contributed by atoms with E-state index < -0.39 is 0 Å². The number of hydrazine groups is 1. The molecular weight excluding hydrogens is 250 g/mol. The summed E-state index contributed by atoms with van der Waals surface area (Å²) in [7, 11) is 1.67. The smallest absolute Gasteiger partial charge is 0.137 e. The normalized spacial score (nSPS) is 16.7. The lowest BCUT2D eigenvalue weighted by Gasteiger charge is -2.33. The van der Waals surface area contributed by atoms with Gasteiger partial charge in [-0.3, -0.25) is 15.4 Å². The number of para-hydroxylation sites is 1. The van der Waals surface area contributed by atoms with Crippen molar-refractivity contribution >= 4 is 17.6 Å². The highest BCUT2D eigenvalue weighted by Gasteiger charge is 2.19. The van der Waals surface area contributed by atoms with Crippen LogP contribution in [0.2, 0.25) is 0 Å². The molecule has 0 fully saturated rings. The molecule has 0 bridgehead atoms. The van der Waals surface area contributed by atoms with Crippen molar-refractivity contribution in [3.8, 4) is 5.75 Å². The van der Waals surface area contributed by atoms with Crippen molar-refractivity contribution in [1.82, 2.24) is 0 Å². The lowest BCUT2D eigenvalue weighted by Crippen LogP contribution is -2.39. The van der Waals surface area contributed by atoms with E-state index in [-0.39, 0.29) is 6.17 Å². The number of benzene rings is 2. The van der Waals surface area contributed by atoms with E-state index in [4.69, 9.17) is 4.74 Å². The summed E-state index contributed by atoms with van der Waals surface area (Å²) in [4.78, 5) is 4.50. The van der Waals surface area contributed by atoms with Gasteiger partial charge >= 0.3 is 0 Å². The number of ether oxygens (including phenoxy) is 1. The lowest BCUT2D eigenvalue weighted by atomic mass is 10.1. The van der Waals surface area contributed by atoms with Crippen LogP contribution in [0.3, 0.4) is 0 Å². The molecule has 0 spiro atoms. The predicted molar refractivity (Wildman–Crippen MR) is 82.6 cm³/mol. The van der Waals surface area contributed by atoms with Gasteiger partial charge in [0.2, 0.25) is 0 Å². The molecule has 0 aliphatic carbocycles. The van der Waals surface area contributed by atoms with Gasteiger partial charge in [0.15, 0.2) is 0 Å². The molecule has 0 radical (unpaired) electrons. The second-order valence-electron chi connectivity index (χ2n) is 4.68. The fraction of sp³-hybridized carbons (Fsp3) is 0.188. The van der Waals surface area contributed by atoms with Crippen LogP contribution in [0.1, 0.15) is 12.5 Å². The van der Waals surface area contributed by atoms with Crippen molar-refractivity contribution in [1.29, 1.82) is 0 Å². The first-order valence-electron chi connectivity index (χ1n) is 6.60. The standard InChI is InChI=1S/C16H17N3O/c1-12-17-11-13-5-3-4-6-16(13)19(12)18-14-7-9-15(20-2)10-8-14/h3-12,18H,1-2H3. The molecule has 0 aromatic heterocycles. The Balaban J connectivity index is 1.87. The quantitative estimate of drug-likeness (QED) is 0.927. The minimum absolute atomic E-state index is 0.0481. The molecule has 0 amide bonds. The Morgan fingerprint density at radius 3 is 2.60 bits per heavy atom. The van der Waals surface area contributed by atoms with Gasteiger partial charge in [-0.15, -0.1) is 0 Å². The van der Waals surface area contributed by atoms with Crippen molar-refractivity contribution < 1.29 is 4.74 Å². The number of rotatable bonds is 3. The maximum Gasteiger partial charge on any atom is 0.137 e. The zero-order valence-electron chi connectivity index (χ0n) is 11.6. The summed E-state index contributed by atoms with van der Waals surface area (Å²) >= 11 is 0. The van der Waals surface area contributed by atoms with Crippen molar-refractivity contribution in [3.05, 3.63) is 54.1 Å². The molecule has 1 N–H and O–H groups in total. The summed E-state index contributed by atoms with van der Waals surface area (Å²) in [6, 6.07) is 16.1. The first kappa shape index (κ1) is 12.5. The van der Waals surface area contributed by atoms with Crippen molar-refractivity contribution in [3.63, 3.8) is 0 Å². The number of anilines is 2. The average Bonchev–Trinajstić information content (AvgIpc) is 2.51. The Bertz CT molecular complexity index is 622. The van der Waals surface area contributed by atoms with E-state index in [0.717, 1.165) is 22.7 Å². The Kier molecular flexibility index (Phi) is 3.29. The maximum atomic E-state index is 5.17. The Labute approximate surface area is 118 Å². The summed E-state index contributed by atoms with van der Waals surface area (Å²) in [6.07, 6.45) is 1.97. The van der Waals surface area contributed by atoms with E-state index in [1.54, 1.807) is 7.11 Å². The molecule has 1 unspecified atom stereocenters. The highest BCUT2D eigenvalue weighted by molar-refractivity contribution is 5.90. The van der Waals surface area contributed by atoms with Crippen LogP contribution >= 0.6 is 0 Å². The zero-order chi connectivity index (χ0) is 13.9. The third kappa shape index (κ3) is 2.32. The Hall–Kier alpha value is -2.49. The predicted octanol–water partition coefficient (Wildman–Crippen LogP) is 3.31. The van der Waals surface area contributed by atoms with E-state index in [0.29, 0.717) is 0 Å². The second-order valence-corrected chi connectivity index (χ2v) is 4.68. The Morgan fingerprint density at radius 1 is 1.10 bits per heavy atom. The molecular formula is C16H17N3O. The summed E-state index contributed by atoms with van der Waals surface area (Å²) in [5.41, 5.74) is 6.65. The highest BCUT2D eigenvalue weighted by atomic mass is 16.5. The van der Waals surface area contributed by atoms with Crippen LogP contribution in [0.4, 0.5) is 11.4 Å². The van der Waals surface area contributed by atoms with Gasteiger partial charge in [0.25, 0.3) is 0 Å². The van der Waals surface area contributed by atoms with Crippen LogP contribution in [-0.4, -0.2) is 19.5 Å². The minimum atomic E-state index is 0.0481. The molecule has 102 valence electrons. The molecule has 1 aliphatic heterocycles. The van der Waals surface area contributed by atoms with Gasteiger partial charge in [0, 0.05) is 11.8 Å². The molecule has 0 saturated carbocycles. The van der Waals surface area contributed by atoms with Gasteiger partial charge in [0.05, 0.1) is 18.5 Å². The van der Waals surface area contributed by atoms with Crippen LogP contribution in [-0.2, 0) is 0 Å². The van der Waals surface area contributed by atoms with E-state index in [2.05, 4.69) is 34.5 Å². The first-order valence-corrected chi connectivity index (χ1v) is 6.60. The SMILES string of the molecule is COc1ccc(NN2c3ccccc3C=NC2C)cc1.